The molecule has 0 saturated heterocycles. The lowest BCUT2D eigenvalue weighted by atomic mass is 9.98. The summed E-state index contributed by atoms with van der Waals surface area (Å²) < 4.78 is 0.788. The number of halogens is 1. The van der Waals surface area contributed by atoms with Crippen molar-refractivity contribution in [1.82, 2.24) is 0 Å². The third-order valence-corrected chi connectivity index (χ3v) is 3.99. The molecule has 20 heavy (non-hydrogen) atoms. The van der Waals surface area contributed by atoms with Crippen molar-refractivity contribution in [2.24, 2.45) is 0 Å². The number of nitrogens with two attached hydrogens (primary N) is 1. The second-order valence-electron chi connectivity index (χ2n) is 5.24. The Balaban J connectivity index is 2.17. The monoisotopic (exact) mass is 331 g/mol. The molecule has 2 N–H and O–H groups in total. The van der Waals surface area contributed by atoms with Gasteiger partial charge in [-0.25, -0.2) is 0 Å². The van der Waals surface area contributed by atoms with Crippen molar-refractivity contribution in [2.45, 2.75) is 26.2 Å². The minimum absolute atomic E-state index is 0.0708. The van der Waals surface area contributed by atoms with Crippen LogP contribution in [-0.4, -0.2) is 5.78 Å². The van der Waals surface area contributed by atoms with Crippen LogP contribution in [0.2, 0.25) is 0 Å². The van der Waals surface area contributed by atoms with E-state index in [2.05, 4.69) is 41.9 Å². The van der Waals surface area contributed by atoms with Crippen molar-refractivity contribution in [2.75, 3.05) is 5.73 Å². The van der Waals surface area contributed by atoms with Gasteiger partial charge in [-0.15, -0.1) is 0 Å². The maximum Gasteiger partial charge on any atom is 0.168 e. The van der Waals surface area contributed by atoms with E-state index in [0.29, 0.717) is 23.6 Å². The number of benzene rings is 2. The Morgan fingerprint density at radius 2 is 1.80 bits per heavy atom. The fraction of sp³-hybridized carbons (Fsp3) is 0.235. The molecular formula is C17H18BrNO. The lowest BCUT2D eigenvalue weighted by molar-refractivity contribution is 0.0992. The maximum atomic E-state index is 12.3. The smallest absolute Gasteiger partial charge is 0.168 e. The van der Waals surface area contributed by atoms with Crippen molar-refractivity contribution >= 4 is 27.4 Å². The summed E-state index contributed by atoms with van der Waals surface area (Å²) in [7, 11) is 0. The zero-order chi connectivity index (χ0) is 14.7. The Hall–Kier alpha value is -1.61. The number of carbonyl (C=O) groups excluding carboxylic acids is 1. The van der Waals surface area contributed by atoms with Gasteiger partial charge in [0.05, 0.1) is 0 Å². The van der Waals surface area contributed by atoms with Crippen molar-refractivity contribution in [1.29, 1.82) is 0 Å². The van der Waals surface area contributed by atoms with Crippen molar-refractivity contribution in [3.63, 3.8) is 0 Å². The van der Waals surface area contributed by atoms with E-state index in [9.17, 15) is 4.79 Å². The predicted octanol–water partition coefficient (Wildman–Crippen LogP) is 4.58. The molecule has 0 saturated carbocycles. The molecule has 0 aliphatic carbocycles. The van der Waals surface area contributed by atoms with Crippen LogP contribution in [0.1, 0.15) is 41.3 Å². The van der Waals surface area contributed by atoms with Gasteiger partial charge in [-0.05, 0) is 35.2 Å². The number of Topliss-reactive ketones (excluding diaryl/α,β-unsaturated/α-hetero) is 1. The van der Waals surface area contributed by atoms with E-state index in [1.807, 2.05) is 18.2 Å². The zero-order valence-corrected chi connectivity index (χ0v) is 13.3. The summed E-state index contributed by atoms with van der Waals surface area (Å²) >= 11 is 3.40. The fourth-order valence-electron chi connectivity index (χ4n) is 2.06. The van der Waals surface area contributed by atoms with Crippen LogP contribution in [0.15, 0.2) is 46.9 Å². The number of ketones is 1. The Bertz CT molecular complexity index is 617. The van der Waals surface area contributed by atoms with E-state index in [-0.39, 0.29) is 5.78 Å². The van der Waals surface area contributed by atoms with Crippen LogP contribution in [0.4, 0.5) is 5.69 Å². The summed E-state index contributed by atoms with van der Waals surface area (Å²) in [5.74, 6) is 0.573. The molecule has 2 rings (SSSR count). The molecule has 0 amide bonds. The fourth-order valence-corrected chi connectivity index (χ4v) is 2.53. The van der Waals surface area contributed by atoms with Gasteiger partial charge in [-0.1, -0.05) is 54.0 Å². The summed E-state index contributed by atoms with van der Waals surface area (Å²) in [5.41, 5.74) is 9.28. The van der Waals surface area contributed by atoms with Crippen LogP contribution in [0, 0.1) is 0 Å². The Labute approximate surface area is 128 Å². The molecule has 0 radical (unpaired) electrons. The Morgan fingerprint density at radius 3 is 2.40 bits per heavy atom. The molecule has 104 valence electrons. The summed E-state index contributed by atoms with van der Waals surface area (Å²) in [6, 6.07) is 13.5. The number of hydrogen-bond acceptors (Lipinski definition) is 2. The normalized spacial score (nSPS) is 10.8. The number of anilines is 1. The first-order chi connectivity index (χ1) is 9.47. The van der Waals surface area contributed by atoms with Gasteiger partial charge >= 0.3 is 0 Å². The first kappa shape index (κ1) is 14.8. The summed E-state index contributed by atoms with van der Waals surface area (Å²) in [5, 5.41) is 0. The summed E-state index contributed by atoms with van der Waals surface area (Å²) in [6.07, 6.45) is 0.389. The molecule has 0 fully saturated rings. The predicted molar refractivity (Wildman–Crippen MR) is 87.1 cm³/mol. The number of carbonyl (C=O) groups is 1. The van der Waals surface area contributed by atoms with Crippen LogP contribution in [-0.2, 0) is 6.42 Å². The quantitative estimate of drug-likeness (QED) is 0.658. The van der Waals surface area contributed by atoms with Crippen LogP contribution in [0.3, 0.4) is 0 Å². The molecular weight excluding hydrogens is 314 g/mol. The average molecular weight is 332 g/mol. The Morgan fingerprint density at radius 1 is 1.15 bits per heavy atom. The minimum Gasteiger partial charge on any atom is -0.399 e. The maximum absolute atomic E-state index is 12.3. The number of nitrogen functional groups attached to an aromatic ring is 1. The second kappa shape index (κ2) is 6.23. The Kier molecular flexibility index (Phi) is 4.61. The van der Waals surface area contributed by atoms with Crippen LogP contribution in [0.25, 0.3) is 0 Å². The van der Waals surface area contributed by atoms with Gasteiger partial charge in [0.15, 0.2) is 5.78 Å². The number of rotatable bonds is 4. The van der Waals surface area contributed by atoms with Crippen LogP contribution in [0.5, 0.6) is 0 Å². The first-order valence-electron chi connectivity index (χ1n) is 6.64. The first-order valence-corrected chi connectivity index (χ1v) is 7.43. The highest BCUT2D eigenvalue weighted by molar-refractivity contribution is 9.10. The zero-order valence-electron chi connectivity index (χ0n) is 11.7. The van der Waals surface area contributed by atoms with E-state index in [1.54, 1.807) is 12.1 Å². The average Bonchev–Trinajstić information content (AvgIpc) is 2.42. The van der Waals surface area contributed by atoms with Gasteiger partial charge < -0.3 is 5.73 Å². The molecule has 0 bridgehead atoms. The molecule has 0 atom stereocenters. The third-order valence-electron chi connectivity index (χ3n) is 3.30. The van der Waals surface area contributed by atoms with Gasteiger partial charge in [0.1, 0.15) is 0 Å². The molecule has 0 heterocycles. The second-order valence-corrected chi connectivity index (χ2v) is 6.09. The van der Waals surface area contributed by atoms with Crippen molar-refractivity contribution in [3.8, 4) is 0 Å². The lowest BCUT2D eigenvalue weighted by Crippen LogP contribution is -2.05. The molecule has 0 aliphatic rings. The molecule has 0 aliphatic heterocycles. The largest absolute Gasteiger partial charge is 0.399 e. The number of hydrogen-bond donors (Lipinski definition) is 1. The van der Waals surface area contributed by atoms with Crippen molar-refractivity contribution in [3.05, 3.63) is 63.6 Å². The summed E-state index contributed by atoms with van der Waals surface area (Å²) in [6.45, 7) is 4.31. The van der Waals surface area contributed by atoms with Crippen molar-refractivity contribution < 1.29 is 4.79 Å². The molecule has 2 aromatic rings. The van der Waals surface area contributed by atoms with Gasteiger partial charge in [0.25, 0.3) is 0 Å². The van der Waals surface area contributed by atoms with Gasteiger partial charge in [0.2, 0.25) is 0 Å². The molecule has 3 heteroatoms. The van der Waals surface area contributed by atoms with E-state index in [4.69, 9.17) is 5.73 Å². The van der Waals surface area contributed by atoms with Gasteiger partial charge in [-0.3, -0.25) is 4.79 Å². The summed E-state index contributed by atoms with van der Waals surface area (Å²) in [4.78, 5) is 12.3. The van der Waals surface area contributed by atoms with E-state index in [1.165, 1.54) is 5.56 Å². The topological polar surface area (TPSA) is 43.1 Å². The van der Waals surface area contributed by atoms with E-state index >= 15 is 0 Å². The third kappa shape index (κ3) is 3.48. The highest BCUT2D eigenvalue weighted by atomic mass is 79.9. The molecule has 2 aromatic carbocycles. The lowest BCUT2D eigenvalue weighted by Gasteiger charge is -2.08. The van der Waals surface area contributed by atoms with Gasteiger partial charge in [0, 0.05) is 22.1 Å². The standard InChI is InChI=1S/C17H18BrNO/c1-11(2)13-5-3-12(4-6-13)9-17(20)15-10-14(19)7-8-16(15)18/h3-8,10-11H,9,19H2,1-2H3. The SMILES string of the molecule is CC(C)c1ccc(CC(=O)c2cc(N)ccc2Br)cc1. The van der Waals surface area contributed by atoms with E-state index < -0.39 is 0 Å². The highest BCUT2D eigenvalue weighted by Crippen LogP contribution is 2.22. The molecule has 0 unspecified atom stereocenters. The highest BCUT2D eigenvalue weighted by Gasteiger charge is 2.11. The molecule has 2 nitrogen and oxygen atoms in total. The van der Waals surface area contributed by atoms with Crippen LogP contribution >= 0.6 is 15.9 Å². The molecule has 0 aromatic heterocycles. The molecule has 0 spiro atoms. The minimum atomic E-state index is 0.0708. The van der Waals surface area contributed by atoms with Crippen LogP contribution < -0.4 is 5.73 Å². The van der Waals surface area contributed by atoms with Gasteiger partial charge in [-0.2, -0.15) is 0 Å². The van der Waals surface area contributed by atoms with E-state index in [0.717, 1.165) is 10.0 Å².